The topological polar surface area (TPSA) is 16.1 Å². The van der Waals surface area contributed by atoms with E-state index >= 15 is 0 Å². The van der Waals surface area contributed by atoms with Crippen LogP contribution in [0.3, 0.4) is 0 Å². The van der Waals surface area contributed by atoms with Crippen molar-refractivity contribution in [2.75, 3.05) is 19.0 Å². The van der Waals surface area contributed by atoms with Gasteiger partial charge in [0.2, 0.25) is 0 Å². The average molecular weight is 218 g/mol. The summed E-state index contributed by atoms with van der Waals surface area (Å²) >= 11 is 0. The number of rotatable bonds is 3. The Bertz CT molecular complexity index is 365. The summed E-state index contributed by atoms with van der Waals surface area (Å²) in [6.45, 7) is 13.6. The maximum absolute atomic E-state index is 4.46. The molecular weight excluding hydrogens is 196 g/mol. The van der Waals surface area contributed by atoms with Gasteiger partial charge in [0.1, 0.15) is 5.82 Å². The van der Waals surface area contributed by atoms with Gasteiger partial charge in [-0.15, -0.1) is 0 Å². The van der Waals surface area contributed by atoms with Gasteiger partial charge in [0.25, 0.3) is 0 Å². The Labute approximate surface area is 99.3 Å². The van der Waals surface area contributed by atoms with Gasteiger partial charge >= 0.3 is 0 Å². The number of hydrogen-bond donors (Lipinski definition) is 0. The van der Waals surface area contributed by atoms with Crippen molar-refractivity contribution in [1.82, 2.24) is 4.98 Å². The number of hydrogen-bond acceptors (Lipinski definition) is 2. The van der Waals surface area contributed by atoms with Gasteiger partial charge in [0.05, 0.1) is 5.69 Å². The molecule has 0 radical (unpaired) electrons. The highest BCUT2D eigenvalue weighted by molar-refractivity contribution is 5.66. The zero-order valence-electron chi connectivity index (χ0n) is 11.0. The first-order valence-corrected chi connectivity index (χ1v) is 5.54. The first kappa shape index (κ1) is 14.4. The number of nitrogens with zero attached hydrogens (tertiary/aromatic N) is 2. The molecule has 0 aliphatic rings. The summed E-state index contributed by atoms with van der Waals surface area (Å²) < 4.78 is 0. The average Bonchev–Trinajstić information content (AvgIpc) is 2.30. The zero-order chi connectivity index (χ0) is 12.7. The maximum Gasteiger partial charge on any atom is 0.128 e. The second-order valence-corrected chi connectivity index (χ2v) is 3.40. The lowest BCUT2D eigenvalue weighted by Crippen LogP contribution is -2.12. The minimum atomic E-state index is 0.892. The van der Waals surface area contributed by atoms with E-state index in [0.29, 0.717) is 0 Å². The van der Waals surface area contributed by atoms with Crippen LogP contribution in [0.1, 0.15) is 30.7 Å². The van der Waals surface area contributed by atoms with Crippen molar-refractivity contribution in [3.8, 4) is 0 Å². The van der Waals surface area contributed by atoms with Crippen molar-refractivity contribution in [3.05, 3.63) is 36.0 Å². The Morgan fingerprint density at radius 1 is 1.19 bits per heavy atom. The fourth-order valence-corrected chi connectivity index (χ4v) is 1.34. The molecule has 0 bridgehead atoms. The minimum absolute atomic E-state index is 0.892. The largest absolute Gasteiger partial charge is 0.363 e. The highest BCUT2D eigenvalue weighted by Crippen LogP contribution is 2.20. The van der Waals surface area contributed by atoms with E-state index in [-0.39, 0.29) is 0 Å². The third-order valence-electron chi connectivity index (χ3n) is 2.14. The summed E-state index contributed by atoms with van der Waals surface area (Å²) in [5.41, 5.74) is 3.13. The molecule has 1 aromatic rings. The van der Waals surface area contributed by atoms with Crippen molar-refractivity contribution in [1.29, 1.82) is 0 Å². The maximum atomic E-state index is 4.46. The van der Waals surface area contributed by atoms with Crippen LogP contribution in [0.5, 0.6) is 0 Å². The van der Waals surface area contributed by atoms with Crippen LogP contribution in [0.15, 0.2) is 19.2 Å². The van der Waals surface area contributed by atoms with Crippen molar-refractivity contribution < 1.29 is 0 Å². The normalized spacial score (nSPS) is 8.81. The Kier molecular flexibility index (Phi) is 6.16. The van der Waals surface area contributed by atoms with Crippen molar-refractivity contribution in [3.63, 3.8) is 0 Å². The molecule has 2 heteroatoms. The molecule has 0 N–H and O–H groups in total. The third-order valence-corrected chi connectivity index (χ3v) is 2.14. The van der Waals surface area contributed by atoms with Gasteiger partial charge in [0.15, 0.2) is 0 Å². The number of aryl methyl sites for hydroxylation is 1. The number of aromatic nitrogens is 1. The van der Waals surface area contributed by atoms with Crippen LogP contribution in [-0.4, -0.2) is 19.1 Å². The van der Waals surface area contributed by atoms with E-state index in [4.69, 9.17) is 0 Å². The Balaban J connectivity index is 0.00000106. The first-order chi connectivity index (χ1) is 7.60. The molecule has 0 fully saturated rings. The predicted molar refractivity (Wildman–Crippen MR) is 74.8 cm³/mol. The predicted octanol–water partition coefficient (Wildman–Crippen LogP) is 3.77. The van der Waals surface area contributed by atoms with Crippen LogP contribution in [0, 0.1) is 6.92 Å². The summed E-state index contributed by atoms with van der Waals surface area (Å²) in [5.74, 6) is 0.947. The van der Waals surface area contributed by atoms with Gasteiger partial charge in [-0.05, 0) is 24.6 Å². The Morgan fingerprint density at radius 3 is 2.12 bits per heavy atom. The van der Waals surface area contributed by atoms with E-state index in [0.717, 1.165) is 17.1 Å². The smallest absolute Gasteiger partial charge is 0.128 e. The second-order valence-electron chi connectivity index (χ2n) is 3.40. The molecule has 1 aromatic heterocycles. The van der Waals surface area contributed by atoms with Crippen LogP contribution in [0.25, 0.3) is 12.2 Å². The molecule has 1 rings (SSSR count). The third kappa shape index (κ3) is 3.23. The van der Waals surface area contributed by atoms with Gasteiger partial charge < -0.3 is 4.90 Å². The number of anilines is 1. The molecule has 0 aliphatic heterocycles. The van der Waals surface area contributed by atoms with Gasteiger partial charge in [-0.25, -0.2) is 4.98 Å². The van der Waals surface area contributed by atoms with E-state index in [1.54, 1.807) is 6.08 Å². The summed E-state index contributed by atoms with van der Waals surface area (Å²) in [5, 5.41) is 0. The van der Waals surface area contributed by atoms with Crippen LogP contribution in [0.4, 0.5) is 5.82 Å². The van der Waals surface area contributed by atoms with Crippen LogP contribution < -0.4 is 4.90 Å². The number of pyridine rings is 1. The van der Waals surface area contributed by atoms with Gasteiger partial charge in [0, 0.05) is 19.7 Å². The molecule has 88 valence electrons. The van der Waals surface area contributed by atoms with Crippen molar-refractivity contribution >= 4 is 18.0 Å². The molecule has 0 amide bonds. The van der Waals surface area contributed by atoms with Gasteiger partial charge in [-0.1, -0.05) is 33.1 Å². The molecular formula is C14H22N2. The van der Waals surface area contributed by atoms with E-state index in [9.17, 15) is 0 Å². The molecule has 0 aliphatic carbocycles. The van der Waals surface area contributed by atoms with Gasteiger partial charge in [-0.2, -0.15) is 0 Å². The van der Waals surface area contributed by atoms with Crippen LogP contribution in [-0.2, 0) is 0 Å². The van der Waals surface area contributed by atoms with E-state index in [1.165, 1.54) is 5.56 Å². The van der Waals surface area contributed by atoms with Gasteiger partial charge in [-0.3, -0.25) is 0 Å². The fourth-order valence-electron chi connectivity index (χ4n) is 1.34. The second kappa shape index (κ2) is 6.83. The Morgan fingerprint density at radius 2 is 1.75 bits per heavy atom. The molecule has 1 heterocycles. The highest BCUT2D eigenvalue weighted by Gasteiger charge is 2.05. The molecule has 0 atom stereocenters. The first-order valence-electron chi connectivity index (χ1n) is 5.54. The SMILES string of the molecule is C=Cc1nc(N(C)C)cc(C)c1C=C.CC. The molecule has 0 unspecified atom stereocenters. The summed E-state index contributed by atoms with van der Waals surface area (Å²) in [6.07, 6.45) is 3.58. The molecule has 0 saturated heterocycles. The standard InChI is InChI=1S/C12H16N2.C2H6/c1-6-10-9(3)8-12(14(4)5)13-11(10)7-2;1-2/h6-8H,1-2H2,3-5H3;1-2H3. The zero-order valence-corrected chi connectivity index (χ0v) is 11.0. The monoisotopic (exact) mass is 218 g/mol. The summed E-state index contributed by atoms with van der Waals surface area (Å²) in [6, 6.07) is 2.05. The molecule has 16 heavy (non-hydrogen) atoms. The highest BCUT2D eigenvalue weighted by atomic mass is 15.1. The van der Waals surface area contributed by atoms with Crippen molar-refractivity contribution in [2.45, 2.75) is 20.8 Å². The molecule has 0 spiro atoms. The Hall–Kier alpha value is -1.57. The molecule has 0 saturated carbocycles. The fraction of sp³-hybridized carbons (Fsp3) is 0.357. The summed E-state index contributed by atoms with van der Waals surface area (Å²) in [7, 11) is 3.95. The molecule has 0 aromatic carbocycles. The van der Waals surface area contributed by atoms with E-state index in [1.807, 2.05) is 45.0 Å². The summed E-state index contributed by atoms with van der Waals surface area (Å²) in [4.78, 5) is 6.44. The molecule has 2 nitrogen and oxygen atoms in total. The minimum Gasteiger partial charge on any atom is -0.363 e. The van der Waals surface area contributed by atoms with E-state index < -0.39 is 0 Å². The van der Waals surface area contributed by atoms with E-state index in [2.05, 4.69) is 25.1 Å². The lowest BCUT2D eigenvalue weighted by Gasteiger charge is -2.14. The lowest BCUT2D eigenvalue weighted by atomic mass is 10.1. The lowest BCUT2D eigenvalue weighted by molar-refractivity contribution is 1.05. The van der Waals surface area contributed by atoms with Crippen LogP contribution >= 0.6 is 0 Å². The van der Waals surface area contributed by atoms with Crippen molar-refractivity contribution in [2.24, 2.45) is 0 Å². The van der Waals surface area contributed by atoms with Crippen LogP contribution in [0.2, 0.25) is 0 Å². The quantitative estimate of drug-likeness (QED) is 0.767.